The number of aliphatic hydroxyl groups is 1. The number of hydrazine groups is 1. The van der Waals surface area contributed by atoms with Crippen molar-refractivity contribution in [2.75, 3.05) is 5.01 Å². The van der Waals surface area contributed by atoms with E-state index < -0.39 is 0 Å². The van der Waals surface area contributed by atoms with E-state index in [2.05, 4.69) is 53.1 Å². The van der Waals surface area contributed by atoms with Crippen LogP contribution in [0, 0.1) is 6.92 Å². The molecule has 2 aromatic rings. The number of hydrogen-bond acceptors (Lipinski definition) is 5. The zero-order chi connectivity index (χ0) is 15.6. The van der Waals surface area contributed by atoms with Gasteiger partial charge < -0.3 is 10.0 Å². The quantitative estimate of drug-likeness (QED) is 0.888. The zero-order valence-corrected chi connectivity index (χ0v) is 13.6. The van der Waals surface area contributed by atoms with E-state index in [1.54, 1.807) is 16.3 Å². The second-order valence-corrected chi connectivity index (χ2v) is 7.20. The van der Waals surface area contributed by atoms with Crippen LogP contribution in [0.15, 0.2) is 47.3 Å². The maximum absolute atomic E-state index is 10.9. The number of anilines is 1. The van der Waals surface area contributed by atoms with Crippen molar-refractivity contribution in [3.8, 4) is 0 Å². The summed E-state index contributed by atoms with van der Waals surface area (Å²) in [5, 5.41) is 18.1. The van der Waals surface area contributed by atoms with E-state index in [9.17, 15) is 5.11 Å². The van der Waals surface area contributed by atoms with Crippen LogP contribution in [0.25, 0.3) is 11.9 Å². The van der Waals surface area contributed by atoms with Crippen molar-refractivity contribution < 1.29 is 5.11 Å². The fourth-order valence-electron chi connectivity index (χ4n) is 3.25. The third-order valence-corrected chi connectivity index (χ3v) is 5.56. The largest absolute Gasteiger partial charge is 0.492 e. The Morgan fingerprint density at radius 3 is 2.83 bits per heavy atom. The van der Waals surface area contributed by atoms with E-state index in [0.29, 0.717) is 11.9 Å². The highest BCUT2D eigenvalue weighted by molar-refractivity contribution is 7.14. The fraction of sp³-hybridized carbons (Fsp3) is 0.222. The molecule has 3 heterocycles. The van der Waals surface area contributed by atoms with E-state index in [1.807, 2.05) is 6.07 Å². The van der Waals surface area contributed by atoms with Gasteiger partial charge in [-0.05, 0) is 36.8 Å². The Labute approximate surface area is 138 Å². The van der Waals surface area contributed by atoms with Crippen molar-refractivity contribution >= 4 is 28.2 Å². The molecule has 5 rings (SSSR count). The summed E-state index contributed by atoms with van der Waals surface area (Å²) in [5.41, 5.74) is 6.52. The van der Waals surface area contributed by atoms with Crippen LogP contribution in [0.4, 0.5) is 5.00 Å². The average Bonchev–Trinajstić information content (AvgIpc) is 3.23. The second kappa shape index (κ2) is 4.55. The molecule has 0 atom stereocenters. The summed E-state index contributed by atoms with van der Waals surface area (Å²) in [5.74, 6) is 0.291. The highest BCUT2D eigenvalue weighted by Crippen LogP contribution is 2.39. The number of nitrogens with one attached hydrogen (secondary N) is 1. The Morgan fingerprint density at radius 1 is 1.26 bits per heavy atom. The number of rotatable bonds is 2. The van der Waals surface area contributed by atoms with Gasteiger partial charge in [0.15, 0.2) is 0 Å². The zero-order valence-electron chi connectivity index (χ0n) is 12.8. The standard InChI is InChI=1S/C18H17N3OS/c1-11-8-15(23-10-11)21-18(22)17-16(19-21)14-5-3-2-4-12(14)9-20(17)13-6-7-13/h2-5,8-10,13,19,22H,6-7H2,1H3. The van der Waals surface area contributed by atoms with Crippen LogP contribution < -0.4 is 20.9 Å². The number of thiophene rings is 1. The number of benzene rings is 1. The van der Waals surface area contributed by atoms with E-state index in [1.165, 1.54) is 23.6 Å². The molecule has 1 aliphatic carbocycles. The molecule has 0 unspecified atom stereocenters. The normalized spacial score (nSPS) is 19.4. The van der Waals surface area contributed by atoms with Crippen LogP contribution in [0.5, 0.6) is 0 Å². The van der Waals surface area contributed by atoms with E-state index in [0.717, 1.165) is 21.6 Å². The molecule has 0 bridgehead atoms. The highest BCUT2D eigenvalue weighted by atomic mass is 32.1. The van der Waals surface area contributed by atoms with Crippen molar-refractivity contribution in [3.63, 3.8) is 0 Å². The highest BCUT2D eigenvalue weighted by Gasteiger charge is 2.39. The van der Waals surface area contributed by atoms with Crippen LogP contribution in [-0.4, -0.2) is 16.0 Å². The van der Waals surface area contributed by atoms with Gasteiger partial charge in [-0.1, -0.05) is 24.3 Å². The Kier molecular flexibility index (Phi) is 2.59. The molecular formula is C18H17N3OS. The van der Waals surface area contributed by atoms with Crippen LogP contribution >= 0.6 is 11.3 Å². The number of hydrogen-bond donors (Lipinski definition) is 2. The van der Waals surface area contributed by atoms with Crippen molar-refractivity contribution in [2.24, 2.45) is 0 Å². The first-order valence-corrected chi connectivity index (χ1v) is 8.75. The lowest BCUT2D eigenvalue weighted by atomic mass is 10.1. The maximum Gasteiger partial charge on any atom is 0.238 e. The molecule has 1 saturated carbocycles. The lowest BCUT2D eigenvalue weighted by Crippen LogP contribution is -2.41. The Balaban J connectivity index is 1.73. The first-order chi connectivity index (χ1) is 11.2. The van der Waals surface area contributed by atoms with Gasteiger partial charge in [-0.3, -0.25) is 5.43 Å². The van der Waals surface area contributed by atoms with Crippen molar-refractivity contribution in [3.05, 3.63) is 63.3 Å². The number of fused-ring (bicyclic) bond motifs is 2. The fourth-order valence-corrected chi connectivity index (χ4v) is 4.12. The minimum atomic E-state index is 0.291. The predicted octanol–water partition coefficient (Wildman–Crippen LogP) is 2.13. The molecule has 116 valence electrons. The van der Waals surface area contributed by atoms with Crippen LogP contribution in [-0.2, 0) is 0 Å². The van der Waals surface area contributed by atoms with E-state index in [-0.39, 0.29) is 0 Å². The molecule has 0 amide bonds. The summed E-state index contributed by atoms with van der Waals surface area (Å²) in [6.07, 6.45) is 4.54. The Bertz CT molecular complexity index is 955. The van der Waals surface area contributed by atoms with Gasteiger partial charge in [-0.25, -0.2) is 5.01 Å². The van der Waals surface area contributed by atoms with Gasteiger partial charge >= 0.3 is 0 Å². The first kappa shape index (κ1) is 13.1. The Hall–Kier alpha value is -2.40. The van der Waals surface area contributed by atoms with Gasteiger partial charge in [-0.2, -0.15) is 0 Å². The monoisotopic (exact) mass is 323 g/mol. The summed E-state index contributed by atoms with van der Waals surface area (Å²) in [6, 6.07) is 10.9. The summed E-state index contributed by atoms with van der Waals surface area (Å²) in [6.45, 7) is 2.07. The summed E-state index contributed by atoms with van der Waals surface area (Å²) in [7, 11) is 0. The van der Waals surface area contributed by atoms with Gasteiger partial charge in [-0.15, -0.1) is 11.3 Å². The molecule has 5 heteroatoms. The average molecular weight is 323 g/mol. The molecule has 23 heavy (non-hydrogen) atoms. The second-order valence-electron chi connectivity index (χ2n) is 6.31. The topological polar surface area (TPSA) is 38.7 Å². The smallest absolute Gasteiger partial charge is 0.238 e. The lowest BCUT2D eigenvalue weighted by molar-refractivity contribution is 0.368. The minimum Gasteiger partial charge on any atom is -0.492 e. The molecule has 2 N–H and O–H groups in total. The molecule has 3 aliphatic rings. The number of aryl methyl sites for hydroxylation is 1. The Morgan fingerprint density at radius 2 is 2.09 bits per heavy atom. The third kappa shape index (κ3) is 1.90. The lowest BCUT2D eigenvalue weighted by Gasteiger charge is -2.24. The van der Waals surface area contributed by atoms with Crippen molar-refractivity contribution in [2.45, 2.75) is 25.8 Å². The molecule has 4 nitrogen and oxygen atoms in total. The van der Waals surface area contributed by atoms with Gasteiger partial charge in [0.05, 0.1) is 5.70 Å². The molecule has 1 aromatic heterocycles. The van der Waals surface area contributed by atoms with Crippen molar-refractivity contribution in [1.82, 2.24) is 10.3 Å². The summed E-state index contributed by atoms with van der Waals surface area (Å²) in [4.78, 5) is 2.24. The SMILES string of the molecule is Cc1csc(N2NC3=c4ccccc4=CN(C4CC4)C3=C2O)c1. The maximum atomic E-state index is 10.9. The molecule has 0 spiro atoms. The molecule has 0 saturated heterocycles. The molecule has 2 aliphatic heterocycles. The van der Waals surface area contributed by atoms with E-state index >= 15 is 0 Å². The number of aliphatic hydroxyl groups excluding tert-OH is 1. The molecule has 0 radical (unpaired) electrons. The van der Waals surface area contributed by atoms with E-state index in [4.69, 9.17) is 0 Å². The molecule has 1 fully saturated rings. The first-order valence-electron chi connectivity index (χ1n) is 7.87. The van der Waals surface area contributed by atoms with Crippen LogP contribution in [0.3, 0.4) is 0 Å². The van der Waals surface area contributed by atoms with Gasteiger partial charge in [0.25, 0.3) is 0 Å². The van der Waals surface area contributed by atoms with Gasteiger partial charge in [0, 0.05) is 22.7 Å². The van der Waals surface area contributed by atoms with Gasteiger partial charge in [0.1, 0.15) is 10.7 Å². The number of nitrogens with zero attached hydrogens (tertiary/aromatic N) is 2. The van der Waals surface area contributed by atoms with Crippen LogP contribution in [0.1, 0.15) is 18.4 Å². The van der Waals surface area contributed by atoms with Crippen LogP contribution in [0.2, 0.25) is 0 Å². The summed E-state index contributed by atoms with van der Waals surface area (Å²) >= 11 is 1.63. The molecule has 1 aromatic carbocycles. The third-order valence-electron chi connectivity index (χ3n) is 4.53. The minimum absolute atomic E-state index is 0.291. The predicted molar refractivity (Wildman–Crippen MR) is 92.8 cm³/mol. The van der Waals surface area contributed by atoms with Gasteiger partial charge in [0.2, 0.25) is 5.88 Å². The summed E-state index contributed by atoms with van der Waals surface area (Å²) < 4.78 is 0. The molecular weight excluding hydrogens is 306 g/mol. The van der Waals surface area contributed by atoms with Crippen molar-refractivity contribution in [1.29, 1.82) is 0 Å².